The Morgan fingerprint density at radius 3 is 2.09 bits per heavy atom. The summed E-state index contributed by atoms with van der Waals surface area (Å²) in [7, 11) is 0. The molecule has 3 heteroatoms. The highest BCUT2D eigenvalue weighted by Gasteiger charge is 2.16. The molecule has 0 atom stereocenters. The lowest BCUT2D eigenvalue weighted by atomic mass is 10.0. The van der Waals surface area contributed by atoms with E-state index in [1.165, 1.54) is 16.7 Å². The molecular weight excluding hydrogens is 286 g/mol. The number of carboxylic acid groups (broad SMARTS) is 1. The van der Waals surface area contributed by atoms with Crippen molar-refractivity contribution in [2.75, 3.05) is 13.1 Å². The number of benzene rings is 2. The van der Waals surface area contributed by atoms with Gasteiger partial charge in [-0.2, -0.15) is 0 Å². The van der Waals surface area contributed by atoms with E-state index < -0.39 is 5.97 Å². The Labute approximate surface area is 139 Å². The van der Waals surface area contributed by atoms with Crippen LogP contribution in [-0.2, 0) is 17.8 Å². The Hall–Kier alpha value is -2.13. The van der Waals surface area contributed by atoms with Gasteiger partial charge in [0, 0.05) is 13.1 Å². The number of nitrogens with zero attached hydrogens (tertiary/aromatic N) is 1. The van der Waals surface area contributed by atoms with Crippen molar-refractivity contribution in [3.63, 3.8) is 0 Å². The van der Waals surface area contributed by atoms with Gasteiger partial charge in [-0.15, -0.1) is 0 Å². The quantitative estimate of drug-likeness (QED) is 0.905. The number of carbonyl (C=O) groups is 1. The molecule has 0 aromatic heterocycles. The minimum atomic E-state index is -0.746. The molecule has 0 fully saturated rings. The minimum Gasteiger partial charge on any atom is -0.480 e. The zero-order chi connectivity index (χ0) is 17.1. The monoisotopic (exact) mass is 313 g/mol. The summed E-state index contributed by atoms with van der Waals surface area (Å²) >= 11 is 0. The Balaban J connectivity index is 0.000000247. The summed E-state index contributed by atoms with van der Waals surface area (Å²) in [5.41, 5.74) is 3.94. The highest BCUT2D eigenvalue weighted by atomic mass is 16.4. The third kappa shape index (κ3) is 7.11. The van der Waals surface area contributed by atoms with Crippen LogP contribution in [0.4, 0.5) is 0 Å². The Morgan fingerprint density at radius 1 is 1.00 bits per heavy atom. The van der Waals surface area contributed by atoms with Crippen molar-refractivity contribution in [2.24, 2.45) is 0 Å². The topological polar surface area (TPSA) is 40.5 Å². The predicted octanol–water partition coefficient (Wildman–Crippen LogP) is 4.15. The third-order valence-electron chi connectivity index (χ3n) is 3.51. The number of aryl methyl sites for hydroxylation is 1. The lowest BCUT2D eigenvalue weighted by Gasteiger charge is -2.26. The highest BCUT2D eigenvalue weighted by molar-refractivity contribution is 5.69. The molecule has 0 aliphatic carbocycles. The maximum Gasteiger partial charge on any atom is 0.317 e. The molecule has 3 nitrogen and oxygen atoms in total. The predicted molar refractivity (Wildman–Crippen MR) is 95.6 cm³/mol. The van der Waals surface area contributed by atoms with Crippen LogP contribution >= 0.6 is 0 Å². The summed E-state index contributed by atoms with van der Waals surface area (Å²) in [4.78, 5) is 12.5. The van der Waals surface area contributed by atoms with Gasteiger partial charge in [0.25, 0.3) is 0 Å². The molecule has 3 rings (SSSR count). The molecule has 0 spiro atoms. The number of hydrogen-bond donors (Lipinski definition) is 1. The van der Waals surface area contributed by atoms with Crippen LogP contribution in [0.25, 0.3) is 0 Å². The average Bonchev–Trinajstić information content (AvgIpc) is 2.57. The number of carboxylic acids is 1. The first kappa shape index (κ1) is 18.9. The molecule has 1 heterocycles. The molecule has 124 valence electrons. The third-order valence-corrected chi connectivity index (χ3v) is 3.51. The minimum absolute atomic E-state index is 0.147. The molecule has 2 aromatic carbocycles. The van der Waals surface area contributed by atoms with Crippen LogP contribution < -0.4 is 0 Å². The zero-order valence-electron chi connectivity index (χ0n) is 14.3. The second-order valence-corrected chi connectivity index (χ2v) is 5.28. The van der Waals surface area contributed by atoms with E-state index in [1.807, 2.05) is 49.1 Å². The Bertz CT molecular complexity index is 581. The van der Waals surface area contributed by atoms with Gasteiger partial charge < -0.3 is 5.11 Å². The van der Waals surface area contributed by atoms with Crippen molar-refractivity contribution < 1.29 is 9.90 Å². The van der Waals surface area contributed by atoms with Crippen LogP contribution in [0.15, 0.2) is 54.6 Å². The molecule has 2 aromatic rings. The highest BCUT2D eigenvalue weighted by Crippen LogP contribution is 2.17. The summed E-state index contributed by atoms with van der Waals surface area (Å²) < 4.78 is 0. The SMILES string of the molecule is CC.Cc1ccccc1.O=C(O)CN1CCc2ccccc2C1. The van der Waals surface area contributed by atoms with Gasteiger partial charge in [0.1, 0.15) is 0 Å². The van der Waals surface area contributed by atoms with Gasteiger partial charge in [-0.25, -0.2) is 0 Å². The van der Waals surface area contributed by atoms with Crippen LogP contribution in [0.3, 0.4) is 0 Å². The van der Waals surface area contributed by atoms with Crippen LogP contribution in [0.5, 0.6) is 0 Å². The first-order valence-electron chi connectivity index (χ1n) is 8.18. The number of rotatable bonds is 2. The normalized spacial score (nSPS) is 12.8. The van der Waals surface area contributed by atoms with Gasteiger partial charge in [-0.1, -0.05) is 74.0 Å². The smallest absolute Gasteiger partial charge is 0.317 e. The van der Waals surface area contributed by atoms with E-state index in [9.17, 15) is 4.79 Å². The van der Waals surface area contributed by atoms with E-state index in [1.54, 1.807) is 0 Å². The van der Waals surface area contributed by atoms with Crippen molar-refractivity contribution >= 4 is 5.97 Å². The average molecular weight is 313 g/mol. The number of aliphatic carboxylic acids is 1. The molecule has 0 radical (unpaired) electrons. The van der Waals surface area contributed by atoms with Crippen molar-refractivity contribution in [2.45, 2.75) is 33.7 Å². The maximum atomic E-state index is 10.5. The standard InChI is InChI=1S/C11H13NO2.C7H8.C2H6/c13-11(14)8-12-6-5-9-3-1-2-4-10(9)7-12;1-7-5-3-2-4-6-7;1-2/h1-4H,5-8H2,(H,13,14);2-6H,1H3;1-2H3. The summed E-state index contributed by atoms with van der Waals surface area (Å²) in [6.07, 6.45) is 0.962. The van der Waals surface area contributed by atoms with E-state index in [-0.39, 0.29) is 6.54 Å². The fourth-order valence-electron chi connectivity index (χ4n) is 2.41. The molecule has 23 heavy (non-hydrogen) atoms. The van der Waals surface area contributed by atoms with Crippen LogP contribution in [0, 0.1) is 6.92 Å². The van der Waals surface area contributed by atoms with E-state index in [2.05, 4.69) is 31.2 Å². The van der Waals surface area contributed by atoms with Crippen molar-refractivity contribution in [1.82, 2.24) is 4.90 Å². The van der Waals surface area contributed by atoms with Gasteiger partial charge in [-0.05, 0) is 24.5 Å². The summed E-state index contributed by atoms with van der Waals surface area (Å²) in [6, 6.07) is 18.5. The van der Waals surface area contributed by atoms with Gasteiger partial charge in [0.2, 0.25) is 0 Å². The number of hydrogen-bond acceptors (Lipinski definition) is 2. The Morgan fingerprint density at radius 2 is 1.57 bits per heavy atom. The second kappa shape index (κ2) is 10.6. The first-order chi connectivity index (χ1) is 11.1. The summed E-state index contributed by atoms with van der Waals surface area (Å²) in [5.74, 6) is -0.746. The van der Waals surface area contributed by atoms with Crippen LogP contribution in [-0.4, -0.2) is 29.1 Å². The van der Waals surface area contributed by atoms with Crippen LogP contribution in [0.2, 0.25) is 0 Å². The van der Waals surface area contributed by atoms with Gasteiger partial charge in [0.15, 0.2) is 0 Å². The molecular formula is C20H27NO2. The molecule has 1 aliphatic rings. The molecule has 0 saturated heterocycles. The molecule has 0 saturated carbocycles. The van der Waals surface area contributed by atoms with E-state index in [0.29, 0.717) is 0 Å². The van der Waals surface area contributed by atoms with Gasteiger partial charge >= 0.3 is 5.97 Å². The molecule has 1 N–H and O–H groups in total. The van der Waals surface area contributed by atoms with Crippen molar-refractivity contribution in [1.29, 1.82) is 0 Å². The maximum absolute atomic E-state index is 10.5. The number of fused-ring (bicyclic) bond motifs is 1. The Kier molecular flexibility index (Phi) is 8.70. The molecule has 0 bridgehead atoms. The zero-order valence-corrected chi connectivity index (χ0v) is 14.3. The summed E-state index contributed by atoms with van der Waals surface area (Å²) in [5, 5.41) is 8.67. The van der Waals surface area contributed by atoms with Crippen molar-refractivity contribution in [3.8, 4) is 0 Å². The van der Waals surface area contributed by atoms with Crippen molar-refractivity contribution in [3.05, 3.63) is 71.3 Å². The van der Waals surface area contributed by atoms with E-state index >= 15 is 0 Å². The lowest BCUT2D eigenvalue weighted by Crippen LogP contribution is -2.34. The first-order valence-corrected chi connectivity index (χ1v) is 8.18. The molecule has 1 aliphatic heterocycles. The molecule has 0 unspecified atom stereocenters. The summed E-state index contributed by atoms with van der Waals surface area (Å²) in [6.45, 7) is 7.85. The van der Waals surface area contributed by atoms with E-state index in [0.717, 1.165) is 19.5 Å². The van der Waals surface area contributed by atoms with E-state index in [4.69, 9.17) is 5.11 Å². The molecule has 0 amide bonds. The fraction of sp³-hybridized carbons (Fsp3) is 0.350. The fourth-order valence-corrected chi connectivity index (χ4v) is 2.41. The second-order valence-electron chi connectivity index (χ2n) is 5.28. The largest absolute Gasteiger partial charge is 0.480 e. The van der Waals surface area contributed by atoms with Gasteiger partial charge in [0.05, 0.1) is 6.54 Å². The van der Waals surface area contributed by atoms with Gasteiger partial charge in [-0.3, -0.25) is 9.69 Å². The lowest BCUT2D eigenvalue weighted by molar-refractivity contribution is -0.138. The van der Waals surface area contributed by atoms with Crippen LogP contribution in [0.1, 0.15) is 30.5 Å².